The molecule has 6 nitrogen and oxygen atoms in total. The Morgan fingerprint density at radius 2 is 1.97 bits per heavy atom. The van der Waals surface area contributed by atoms with Gasteiger partial charge in [-0.2, -0.15) is 13.2 Å². The zero-order valence-electron chi connectivity index (χ0n) is 17.5. The van der Waals surface area contributed by atoms with Crippen molar-refractivity contribution in [2.45, 2.75) is 25.1 Å². The summed E-state index contributed by atoms with van der Waals surface area (Å²) in [6.45, 7) is 0.0579. The van der Waals surface area contributed by atoms with Crippen LogP contribution in [0.5, 0.6) is 5.88 Å². The fourth-order valence-corrected chi connectivity index (χ4v) is 3.32. The van der Waals surface area contributed by atoms with Gasteiger partial charge in [0.1, 0.15) is 18.1 Å². The molecule has 1 unspecified atom stereocenters. The first-order chi connectivity index (χ1) is 15.9. The summed E-state index contributed by atoms with van der Waals surface area (Å²) in [5.41, 5.74) is 1.25. The Morgan fingerprint density at radius 1 is 1.15 bits per heavy atom. The number of halogens is 3. The topological polar surface area (TPSA) is 79.9 Å². The van der Waals surface area contributed by atoms with Gasteiger partial charge in [-0.15, -0.1) is 0 Å². The van der Waals surface area contributed by atoms with Crippen molar-refractivity contribution in [2.75, 3.05) is 6.54 Å². The first-order valence-electron chi connectivity index (χ1n) is 10.3. The largest absolute Gasteiger partial charge is 0.465 e. The maximum Gasteiger partial charge on any atom is 0.416 e. The molecule has 1 aliphatic carbocycles. The van der Waals surface area contributed by atoms with Gasteiger partial charge in [0.2, 0.25) is 5.88 Å². The number of hydrogen-bond acceptors (Lipinski definition) is 5. The zero-order chi connectivity index (χ0) is 23.3. The monoisotopic (exact) mass is 454 g/mol. The van der Waals surface area contributed by atoms with Crippen molar-refractivity contribution in [3.8, 4) is 5.88 Å². The van der Waals surface area contributed by atoms with Gasteiger partial charge in [-0.05, 0) is 48.4 Å². The first-order valence-corrected chi connectivity index (χ1v) is 10.3. The van der Waals surface area contributed by atoms with Crippen molar-refractivity contribution in [2.24, 2.45) is 0 Å². The third-order valence-corrected chi connectivity index (χ3v) is 5.00. The number of carbonyl (C=O) groups is 1. The standard InChI is InChI=1S/C24H21F3N4O2/c25-24(26,27)17-7-5-16(6-8-17)13-19(32)14-29-18-3-1-2-4-20(10-9-18)33-23-21-11-12-28-22(21)30-15-31-23/h2-12,15,20,29H,1,13-14H2,(H,28,30,31)/b4-2-,10-9-,18-3+. The lowest BCUT2D eigenvalue weighted by atomic mass is 10.1. The minimum Gasteiger partial charge on any atom is -0.465 e. The van der Waals surface area contributed by atoms with Gasteiger partial charge in [-0.25, -0.2) is 9.97 Å². The third kappa shape index (κ3) is 5.88. The highest BCUT2D eigenvalue weighted by molar-refractivity contribution is 5.83. The number of aromatic nitrogens is 3. The van der Waals surface area contributed by atoms with Crippen LogP contribution in [-0.2, 0) is 17.4 Å². The number of fused-ring (bicyclic) bond motifs is 1. The van der Waals surface area contributed by atoms with Crippen LogP contribution in [0, 0.1) is 0 Å². The van der Waals surface area contributed by atoms with Gasteiger partial charge >= 0.3 is 6.18 Å². The van der Waals surface area contributed by atoms with E-state index in [2.05, 4.69) is 20.3 Å². The summed E-state index contributed by atoms with van der Waals surface area (Å²) in [5, 5.41) is 3.86. The number of ether oxygens (including phenoxy) is 1. The Morgan fingerprint density at radius 3 is 2.76 bits per heavy atom. The van der Waals surface area contributed by atoms with Crippen LogP contribution >= 0.6 is 0 Å². The molecule has 1 aliphatic rings. The van der Waals surface area contributed by atoms with Crippen molar-refractivity contribution >= 4 is 16.8 Å². The van der Waals surface area contributed by atoms with Gasteiger partial charge in [-0.1, -0.05) is 24.3 Å². The van der Waals surface area contributed by atoms with Crippen LogP contribution in [0.1, 0.15) is 17.5 Å². The molecule has 0 radical (unpaired) electrons. The Balaban J connectivity index is 1.32. The number of carbonyl (C=O) groups excluding carboxylic acids is 1. The molecule has 170 valence electrons. The third-order valence-electron chi connectivity index (χ3n) is 5.00. The summed E-state index contributed by atoms with van der Waals surface area (Å²) >= 11 is 0. The van der Waals surface area contributed by atoms with Gasteiger partial charge in [0.05, 0.1) is 17.5 Å². The molecule has 1 atom stereocenters. The van der Waals surface area contributed by atoms with Crippen LogP contribution in [0.3, 0.4) is 0 Å². The fraction of sp³-hybridized carbons (Fsp3) is 0.208. The van der Waals surface area contributed by atoms with Crippen LogP contribution in [0.2, 0.25) is 0 Å². The molecule has 0 fully saturated rings. The molecule has 2 N–H and O–H groups in total. The molecule has 3 aromatic rings. The Hall–Kier alpha value is -3.88. The molecule has 0 spiro atoms. The average molecular weight is 454 g/mol. The number of aromatic amines is 1. The summed E-state index contributed by atoms with van der Waals surface area (Å²) in [6.07, 6.45) is 8.62. The lowest BCUT2D eigenvalue weighted by Crippen LogP contribution is -2.24. The fourth-order valence-electron chi connectivity index (χ4n) is 3.32. The smallest absolute Gasteiger partial charge is 0.416 e. The van der Waals surface area contributed by atoms with E-state index in [4.69, 9.17) is 4.74 Å². The number of Topliss-reactive ketones (excluding diaryl/α,β-unsaturated/α-hetero) is 1. The van der Waals surface area contributed by atoms with Crippen LogP contribution < -0.4 is 10.1 Å². The van der Waals surface area contributed by atoms with Gasteiger partial charge in [-0.3, -0.25) is 4.79 Å². The molecule has 1 aromatic carbocycles. The van der Waals surface area contributed by atoms with Gasteiger partial charge in [0.25, 0.3) is 0 Å². The predicted octanol–water partition coefficient (Wildman–Crippen LogP) is 4.53. The second-order valence-electron chi connectivity index (χ2n) is 7.45. The maximum absolute atomic E-state index is 12.7. The Labute approximate surface area is 187 Å². The van der Waals surface area contributed by atoms with Crippen LogP contribution in [0.15, 0.2) is 78.9 Å². The molecular formula is C24H21F3N4O2. The number of nitrogens with one attached hydrogen (secondary N) is 2. The summed E-state index contributed by atoms with van der Waals surface area (Å²) in [6, 6.07) is 6.48. The van der Waals surface area contributed by atoms with Crippen molar-refractivity contribution in [1.29, 1.82) is 0 Å². The minimum atomic E-state index is -4.39. The van der Waals surface area contributed by atoms with Gasteiger partial charge in [0.15, 0.2) is 5.78 Å². The molecule has 0 saturated carbocycles. The number of nitrogens with zero attached hydrogens (tertiary/aromatic N) is 2. The minimum absolute atomic E-state index is 0.0497. The molecule has 0 aliphatic heterocycles. The number of H-pyrrole nitrogens is 1. The van der Waals surface area contributed by atoms with E-state index in [0.29, 0.717) is 23.5 Å². The van der Waals surface area contributed by atoms with E-state index in [9.17, 15) is 18.0 Å². The summed E-state index contributed by atoms with van der Waals surface area (Å²) in [5.74, 6) is 0.330. The van der Waals surface area contributed by atoms with E-state index in [1.54, 1.807) is 6.20 Å². The number of rotatable bonds is 7. The second kappa shape index (κ2) is 9.72. The van der Waals surface area contributed by atoms with Crippen LogP contribution in [0.25, 0.3) is 11.0 Å². The number of allylic oxidation sites excluding steroid dienone is 3. The predicted molar refractivity (Wildman–Crippen MR) is 117 cm³/mol. The zero-order valence-corrected chi connectivity index (χ0v) is 17.5. The molecule has 2 heterocycles. The molecule has 0 amide bonds. The number of benzene rings is 1. The number of ketones is 1. The SMILES string of the molecule is O=C(CNC1=C/C/C=C\C(Oc2ncnc3[nH]ccc23)/C=C\1)Cc1ccc(C(F)(F)F)cc1. The number of hydrogen-bond donors (Lipinski definition) is 2. The second-order valence-corrected chi connectivity index (χ2v) is 7.45. The van der Waals surface area contributed by atoms with Crippen molar-refractivity contribution in [1.82, 2.24) is 20.3 Å². The normalized spacial score (nSPS) is 19.7. The highest BCUT2D eigenvalue weighted by atomic mass is 19.4. The Kier molecular flexibility index (Phi) is 6.58. The quantitative estimate of drug-likeness (QED) is 0.513. The summed E-state index contributed by atoms with van der Waals surface area (Å²) in [7, 11) is 0. The molecule has 33 heavy (non-hydrogen) atoms. The van der Waals surface area contributed by atoms with Crippen molar-refractivity contribution in [3.05, 3.63) is 90.1 Å². The molecule has 0 bridgehead atoms. The maximum atomic E-state index is 12.7. The Bertz CT molecular complexity index is 1210. The van der Waals surface area contributed by atoms with E-state index >= 15 is 0 Å². The van der Waals surface area contributed by atoms with E-state index in [1.165, 1.54) is 18.5 Å². The molecule has 4 rings (SSSR count). The number of alkyl halides is 3. The van der Waals surface area contributed by atoms with E-state index in [1.807, 2.05) is 36.4 Å². The lowest BCUT2D eigenvalue weighted by molar-refractivity contribution is -0.137. The van der Waals surface area contributed by atoms with E-state index in [0.717, 1.165) is 23.2 Å². The van der Waals surface area contributed by atoms with Gasteiger partial charge < -0.3 is 15.0 Å². The summed E-state index contributed by atoms with van der Waals surface area (Å²) < 4.78 is 44.0. The molecular weight excluding hydrogens is 433 g/mol. The van der Waals surface area contributed by atoms with E-state index in [-0.39, 0.29) is 24.9 Å². The van der Waals surface area contributed by atoms with Crippen molar-refractivity contribution in [3.63, 3.8) is 0 Å². The van der Waals surface area contributed by atoms with Crippen LogP contribution in [0.4, 0.5) is 13.2 Å². The van der Waals surface area contributed by atoms with Crippen LogP contribution in [-0.4, -0.2) is 33.4 Å². The molecule has 9 heteroatoms. The average Bonchev–Trinajstić information content (AvgIpc) is 3.25. The highest BCUT2D eigenvalue weighted by Gasteiger charge is 2.29. The van der Waals surface area contributed by atoms with E-state index < -0.39 is 11.7 Å². The lowest BCUT2D eigenvalue weighted by Gasteiger charge is -2.14. The molecule has 0 saturated heterocycles. The first kappa shape index (κ1) is 22.3. The van der Waals surface area contributed by atoms with Gasteiger partial charge in [0, 0.05) is 18.3 Å². The van der Waals surface area contributed by atoms with Crippen molar-refractivity contribution < 1.29 is 22.7 Å². The molecule has 2 aromatic heterocycles. The highest BCUT2D eigenvalue weighted by Crippen LogP contribution is 2.29. The summed E-state index contributed by atoms with van der Waals surface area (Å²) in [4.78, 5) is 23.7.